The maximum absolute atomic E-state index is 5.47. The molecule has 0 saturated carbocycles. The first kappa shape index (κ1) is 14.3. The molecule has 0 aromatic heterocycles. The van der Waals surface area contributed by atoms with Gasteiger partial charge in [-0.15, -0.1) is 0 Å². The molecule has 0 bridgehead atoms. The smallest absolute Gasteiger partial charge is 0.207 e. The zero-order valence-electron chi connectivity index (χ0n) is 9.99. The second-order valence-corrected chi connectivity index (χ2v) is 4.17. The van der Waals surface area contributed by atoms with E-state index in [4.69, 9.17) is 23.7 Å². The predicted molar refractivity (Wildman–Crippen MR) is 70.7 cm³/mol. The van der Waals surface area contributed by atoms with Crippen molar-refractivity contribution < 1.29 is 23.7 Å². The summed E-state index contributed by atoms with van der Waals surface area (Å²) in [7, 11) is 4.68. The summed E-state index contributed by atoms with van der Waals surface area (Å²) in [5, 5.41) is 0. The number of rotatable bonds is 7. The molecule has 5 nitrogen and oxygen atoms in total. The Morgan fingerprint density at radius 1 is 0.941 bits per heavy atom. The summed E-state index contributed by atoms with van der Waals surface area (Å²) in [6.45, 7) is 0.270. The molecule has 0 N–H and O–H groups in total. The average Bonchev–Trinajstić information content (AvgIpc) is 2.35. The van der Waals surface area contributed by atoms with Crippen LogP contribution < -0.4 is 14.2 Å². The van der Waals surface area contributed by atoms with E-state index in [1.807, 2.05) is 12.1 Å². The predicted octanol–water partition coefficient (Wildman–Crippen LogP) is 2.27. The van der Waals surface area contributed by atoms with Crippen LogP contribution in [-0.2, 0) is 9.47 Å². The van der Waals surface area contributed by atoms with E-state index in [-0.39, 0.29) is 13.6 Å². The second kappa shape index (κ2) is 7.57. The summed E-state index contributed by atoms with van der Waals surface area (Å²) in [4.78, 5) is 0. The van der Waals surface area contributed by atoms with Crippen LogP contribution in [-0.4, -0.2) is 34.9 Å². The molecule has 1 rings (SSSR count). The molecule has 1 aromatic rings. The van der Waals surface area contributed by atoms with E-state index >= 15 is 0 Å². The number of ether oxygens (including phenoxy) is 5. The van der Waals surface area contributed by atoms with E-state index in [0.717, 1.165) is 3.57 Å². The Labute approximate surface area is 114 Å². The lowest BCUT2D eigenvalue weighted by molar-refractivity contribution is 0.0303. The molecule has 0 unspecified atom stereocenters. The number of hydrogen-bond acceptors (Lipinski definition) is 5. The molecule has 0 aliphatic heterocycles. The Kier molecular flexibility index (Phi) is 6.38. The van der Waals surface area contributed by atoms with Crippen molar-refractivity contribution in [1.82, 2.24) is 0 Å². The average molecular weight is 354 g/mol. The molecule has 1 aromatic carbocycles. The summed E-state index contributed by atoms with van der Waals surface area (Å²) < 4.78 is 26.8. The van der Waals surface area contributed by atoms with E-state index in [1.165, 1.54) is 0 Å². The van der Waals surface area contributed by atoms with Crippen molar-refractivity contribution in [2.24, 2.45) is 0 Å². The van der Waals surface area contributed by atoms with E-state index in [9.17, 15) is 0 Å². The summed E-state index contributed by atoms with van der Waals surface area (Å²) >= 11 is 2.15. The SMILES string of the molecule is COCOc1c(I)ccc(OC)c1OCOC. The van der Waals surface area contributed by atoms with Crippen LogP contribution in [0.25, 0.3) is 0 Å². The summed E-state index contributed by atoms with van der Waals surface area (Å²) in [5.74, 6) is 1.69. The summed E-state index contributed by atoms with van der Waals surface area (Å²) in [6.07, 6.45) is 0. The summed E-state index contributed by atoms with van der Waals surface area (Å²) in [6, 6.07) is 3.69. The molecular formula is C11H15IO5. The molecule has 17 heavy (non-hydrogen) atoms. The molecule has 0 radical (unpaired) electrons. The highest BCUT2D eigenvalue weighted by molar-refractivity contribution is 14.1. The van der Waals surface area contributed by atoms with Crippen LogP contribution in [0.5, 0.6) is 17.2 Å². The van der Waals surface area contributed by atoms with Crippen LogP contribution in [0.15, 0.2) is 12.1 Å². The molecule has 0 heterocycles. The highest BCUT2D eigenvalue weighted by atomic mass is 127. The molecule has 96 valence electrons. The Morgan fingerprint density at radius 2 is 1.53 bits per heavy atom. The molecule has 0 aliphatic carbocycles. The summed E-state index contributed by atoms with van der Waals surface area (Å²) in [5.41, 5.74) is 0. The molecular weight excluding hydrogens is 339 g/mol. The quantitative estimate of drug-likeness (QED) is 0.555. The molecule has 0 aliphatic rings. The van der Waals surface area contributed by atoms with Gasteiger partial charge in [-0.25, -0.2) is 0 Å². The molecule has 0 amide bonds. The van der Waals surface area contributed by atoms with Crippen molar-refractivity contribution in [2.45, 2.75) is 0 Å². The van der Waals surface area contributed by atoms with Crippen molar-refractivity contribution in [3.63, 3.8) is 0 Å². The zero-order chi connectivity index (χ0) is 12.7. The van der Waals surface area contributed by atoms with Crippen molar-refractivity contribution in [3.05, 3.63) is 15.7 Å². The topological polar surface area (TPSA) is 46.2 Å². The Hall–Kier alpha value is -0.730. The van der Waals surface area contributed by atoms with Gasteiger partial charge < -0.3 is 23.7 Å². The van der Waals surface area contributed by atoms with Gasteiger partial charge in [0.2, 0.25) is 5.75 Å². The molecule has 0 atom stereocenters. The number of benzene rings is 1. The minimum absolute atomic E-state index is 0.125. The Bertz CT molecular complexity index is 356. The fourth-order valence-corrected chi connectivity index (χ4v) is 1.77. The van der Waals surface area contributed by atoms with Gasteiger partial charge in [0.1, 0.15) is 0 Å². The van der Waals surface area contributed by atoms with Gasteiger partial charge >= 0.3 is 0 Å². The highest BCUT2D eigenvalue weighted by Gasteiger charge is 2.16. The highest BCUT2D eigenvalue weighted by Crippen LogP contribution is 2.40. The lowest BCUT2D eigenvalue weighted by Crippen LogP contribution is -2.06. The Balaban J connectivity index is 3.02. The Morgan fingerprint density at radius 3 is 2.06 bits per heavy atom. The van der Waals surface area contributed by atoms with Gasteiger partial charge in [-0.2, -0.15) is 0 Å². The normalized spacial score (nSPS) is 10.1. The van der Waals surface area contributed by atoms with Crippen molar-refractivity contribution in [1.29, 1.82) is 0 Å². The first-order valence-electron chi connectivity index (χ1n) is 4.84. The van der Waals surface area contributed by atoms with Gasteiger partial charge in [0.15, 0.2) is 25.1 Å². The first-order valence-corrected chi connectivity index (χ1v) is 5.92. The maximum atomic E-state index is 5.47. The molecule has 0 fully saturated rings. The van der Waals surface area contributed by atoms with Gasteiger partial charge in [-0.1, -0.05) is 0 Å². The minimum atomic E-state index is 0.125. The van der Waals surface area contributed by atoms with Crippen LogP contribution in [0.2, 0.25) is 0 Å². The molecule has 0 spiro atoms. The fourth-order valence-electron chi connectivity index (χ4n) is 1.19. The molecule has 0 saturated heterocycles. The zero-order valence-corrected chi connectivity index (χ0v) is 12.1. The first-order chi connectivity index (χ1) is 8.24. The van der Waals surface area contributed by atoms with Crippen molar-refractivity contribution >= 4 is 22.6 Å². The lowest BCUT2D eigenvalue weighted by Gasteiger charge is -2.16. The van der Waals surface area contributed by atoms with Crippen LogP contribution in [0.4, 0.5) is 0 Å². The third-order valence-corrected chi connectivity index (χ3v) is 2.74. The van der Waals surface area contributed by atoms with Crippen LogP contribution >= 0.6 is 22.6 Å². The van der Waals surface area contributed by atoms with Crippen LogP contribution in [0.1, 0.15) is 0 Å². The second-order valence-electron chi connectivity index (χ2n) is 3.01. The van der Waals surface area contributed by atoms with Gasteiger partial charge in [0.25, 0.3) is 0 Å². The van der Waals surface area contributed by atoms with Crippen molar-refractivity contribution in [3.8, 4) is 17.2 Å². The number of hydrogen-bond donors (Lipinski definition) is 0. The standard InChI is InChI=1S/C11H15IO5/c1-13-6-16-10-8(12)4-5-9(15-3)11(10)17-7-14-2/h4-5H,6-7H2,1-3H3. The van der Waals surface area contributed by atoms with Gasteiger partial charge in [-0.05, 0) is 34.7 Å². The van der Waals surface area contributed by atoms with E-state index in [0.29, 0.717) is 17.2 Å². The third kappa shape index (κ3) is 3.90. The molecule has 6 heteroatoms. The third-order valence-electron chi connectivity index (χ3n) is 1.89. The lowest BCUT2D eigenvalue weighted by atomic mass is 10.3. The van der Waals surface area contributed by atoms with Crippen molar-refractivity contribution in [2.75, 3.05) is 34.9 Å². The number of methoxy groups -OCH3 is 3. The maximum Gasteiger partial charge on any atom is 0.207 e. The van der Waals surface area contributed by atoms with E-state index in [1.54, 1.807) is 21.3 Å². The van der Waals surface area contributed by atoms with E-state index < -0.39 is 0 Å². The number of halogens is 1. The monoisotopic (exact) mass is 354 g/mol. The van der Waals surface area contributed by atoms with Crippen LogP contribution in [0, 0.1) is 3.57 Å². The largest absolute Gasteiger partial charge is 0.493 e. The van der Waals surface area contributed by atoms with Gasteiger partial charge in [0, 0.05) is 14.2 Å². The van der Waals surface area contributed by atoms with Gasteiger partial charge in [-0.3, -0.25) is 0 Å². The minimum Gasteiger partial charge on any atom is -0.493 e. The fraction of sp³-hybridized carbons (Fsp3) is 0.455. The van der Waals surface area contributed by atoms with Gasteiger partial charge in [0.05, 0.1) is 10.7 Å². The van der Waals surface area contributed by atoms with E-state index in [2.05, 4.69) is 22.6 Å². The van der Waals surface area contributed by atoms with Crippen LogP contribution in [0.3, 0.4) is 0 Å².